The molecule has 1 fully saturated rings. The smallest absolute Gasteiger partial charge is 0.261 e. The normalized spacial score (nSPS) is 15.0. The van der Waals surface area contributed by atoms with Crippen LogP contribution in [-0.4, -0.2) is 35.4 Å². The molecule has 2 aromatic carbocycles. The lowest BCUT2D eigenvalue weighted by Crippen LogP contribution is -2.52. The molecule has 1 aliphatic rings. The van der Waals surface area contributed by atoms with Crippen molar-refractivity contribution in [2.45, 2.75) is 84.3 Å². The number of ether oxygens (including phenoxy) is 1. The highest BCUT2D eigenvalue weighted by Crippen LogP contribution is 2.20. The first-order chi connectivity index (χ1) is 16.0. The highest BCUT2D eigenvalue weighted by molar-refractivity contribution is 5.88. The fourth-order valence-corrected chi connectivity index (χ4v) is 4.40. The molecule has 5 heteroatoms. The quantitative estimate of drug-likeness (QED) is 0.542. The summed E-state index contributed by atoms with van der Waals surface area (Å²) < 4.78 is 5.81. The van der Waals surface area contributed by atoms with E-state index in [1.807, 2.05) is 62.4 Å². The van der Waals surface area contributed by atoms with E-state index in [4.69, 9.17) is 4.74 Å². The molecule has 1 saturated carbocycles. The minimum atomic E-state index is -0.521. The zero-order chi connectivity index (χ0) is 23.6. The van der Waals surface area contributed by atoms with Crippen LogP contribution in [0.2, 0.25) is 0 Å². The molecule has 1 N–H and O–H groups in total. The van der Waals surface area contributed by atoms with E-state index in [0.717, 1.165) is 43.2 Å². The van der Waals surface area contributed by atoms with Gasteiger partial charge in [-0.25, -0.2) is 0 Å². The summed E-state index contributed by atoms with van der Waals surface area (Å²) in [6.07, 6.45) is 7.09. The average molecular weight is 451 g/mol. The molecule has 1 unspecified atom stereocenters. The van der Waals surface area contributed by atoms with E-state index in [1.165, 1.54) is 12.0 Å². The van der Waals surface area contributed by atoms with E-state index < -0.39 is 6.04 Å². The van der Waals surface area contributed by atoms with E-state index in [1.54, 1.807) is 4.90 Å². The molecule has 0 bridgehead atoms. The van der Waals surface area contributed by atoms with Crippen LogP contribution in [0.25, 0.3) is 0 Å². The molecule has 1 aliphatic carbocycles. The van der Waals surface area contributed by atoms with Crippen molar-refractivity contribution in [1.82, 2.24) is 10.2 Å². The van der Waals surface area contributed by atoms with Crippen LogP contribution in [0.1, 0.15) is 69.1 Å². The van der Waals surface area contributed by atoms with Gasteiger partial charge in [0.05, 0.1) is 0 Å². The van der Waals surface area contributed by atoms with Crippen LogP contribution in [0.3, 0.4) is 0 Å². The van der Waals surface area contributed by atoms with Gasteiger partial charge in [0.2, 0.25) is 5.91 Å². The van der Waals surface area contributed by atoms with Crippen LogP contribution in [0, 0.1) is 6.92 Å². The number of nitrogens with zero attached hydrogens (tertiary/aromatic N) is 1. The first kappa shape index (κ1) is 24.8. The van der Waals surface area contributed by atoms with Gasteiger partial charge in [-0.3, -0.25) is 9.59 Å². The van der Waals surface area contributed by atoms with Crippen molar-refractivity contribution in [2.24, 2.45) is 0 Å². The molecular weight excluding hydrogens is 412 g/mol. The summed E-state index contributed by atoms with van der Waals surface area (Å²) in [4.78, 5) is 28.2. The zero-order valence-electron chi connectivity index (χ0n) is 20.3. The Balaban J connectivity index is 1.73. The second-order valence-corrected chi connectivity index (χ2v) is 9.06. The molecule has 0 heterocycles. The van der Waals surface area contributed by atoms with Crippen molar-refractivity contribution >= 4 is 11.8 Å². The topological polar surface area (TPSA) is 58.6 Å². The highest BCUT2D eigenvalue weighted by atomic mass is 16.5. The summed E-state index contributed by atoms with van der Waals surface area (Å²) in [7, 11) is 0. The lowest BCUT2D eigenvalue weighted by atomic mass is 9.95. The maximum atomic E-state index is 13.3. The largest absolute Gasteiger partial charge is 0.484 e. The lowest BCUT2D eigenvalue weighted by Gasteiger charge is -2.32. The summed E-state index contributed by atoms with van der Waals surface area (Å²) >= 11 is 0. The van der Waals surface area contributed by atoms with Gasteiger partial charge in [0.1, 0.15) is 11.8 Å². The van der Waals surface area contributed by atoms with Gasteiger partial charge in [0.25, 0.3) is 5.91 Å². The van der Waals surface area contributed by atoms with E-state index in [9.17, 15) is 9.59 Å². The molecule has 0 saturated heterocycles. The molecular formula is C28H38N2O3. The maximum Gasteiger partial charge on any atom is 0.261 e. The van der Waals surface area contributed by atoms with Gasteiger partial charge in [0.15, 0.2) is 6.61 Å². The van der Waals surface area contributed by atoms with Crippen LogP contribution in [0.5, 0.6) is 5.75 Å². The van der Waals surface area contributed by atoms with E-state index >= 15 is 0 Å². The van der Waals surface area contributed by atoms with Crippen LogP contribution in [0.4, 0.5) is 0 Å². The van der Waals surface area contributed by atoms with Gasteiger partial charge in [-0.2, -0.15) is 0 Å². The first-order valence-electron chi connectivity index (χ1n) is 12.4. The fraction of sp³-hybridized carbons (Fsp3) is 0.500. The molecule has 33 heavy (non-hydrogen) atoms. The molecule has 3 rings (SSSR count). The Kier molecular flexibility index (Phi) is 9.35. The van der Waals surface area contributed by atoms with Crippen molar-refractivity contribution in [2.75, 3.05) is 6.61 Å². The van der Waals surface area contributed by atoms with Crippen molar-refractivity contribution in [3.63, 3.8) is 0 Å². The predicted molar refractivity (Wildman–Crippen MR) is 132 cm³/mol. The standard InChI is InChI=1S/C28H38N2O3/c1-4-22-15-17-25(18-16-22)33-20-27(31)30(19-23-13-11-21(3)12-14-23)26(5-2)28(32)29-24-9-7-6-8-10-24/h11-18,24,26H,4-10,19-20H2,1-3H3,(H,29,32). The molecule has 1 atom stereocenters. The van der Waals surface area contributed by atoms with Crippen molar-refractivity contribution in [1.29, 1.82) is 0 Å². The van der Waals surface area contributed by atoms with Crippen LogP contribution >= 0.6 is 0 Å². The molecule has 0 aliphatic heterocycles. The second kappa shape index (κ2) is 12.4. The number of amides is 2. The third-order valence-corrected chi connectivity index (χ3v) is 6.50. The molecule has 5 nitrogen and oxygen atoms in total. The minimum absolute atomic E-state index is 0.0582. The summed E-state index contributed by atoms with van der Waals surface area (Å²) in [5, 5.41) is 3.21. The summed E-state index contributed by atoms with van der Waals surface area (Å²) in [6, 6.07) is 15.6. The number of rotatable bonds is 10. The fourth-order valence-electron chi connectivity index (χ4n) is 4.40. The van der Waals surface area contributed by atoms with Gasteiger partial charge < -0.3 is 15.0 Å². The predicted octanol–water partition coefficient (Wildman–Crippen LogP) is 5.19. The third-order valence-electron chi connectivity index (χ3n) is 6.50. The Labute approximate surface area is 198 Å². The summed E-state index contributed by atoms with van der Waals surface area (Å²) in [5.41, 5.74) is 3.39. The third kappa shape index (κ3) is 7.34. The Morgan fingerprint density at radius 3 is 2.21 bits per heavy atom. The van der Waals surface area contributed by atoms with Gasteiger partial charge in [-0.15, -0.1) is 0 Å². The highest BCUT2D eigenvalue weighted by Gasteiger charge is 2.30. The monoisotopic (exact) mass is 450 g/mol. The number of aryl methyl sites for hydroxylation is 2. The van der Waals surface area contributed by atoms with Gasteiger partial charge in [-0.05, 0) is 55.9 Å². The molecule has 178 valence electrons. The molecule has 0 spiro atoms. The van der Waals surface area contributed by atoms with E-state index in [2.05, 4.69) is 12.2 Å². The first-order valence-corrected chi connectivity index (χ1v) is 12.4. The second-order valence-electron chi connectivity index (χ2n) is 9.06. The van der Waals surface area contributed by atoms with Crippen molar-refractivity contribution < 1.29 is 14.3 Å². The number of nitrogens with one attached hydrogen (secondary N) is 1. The zero-order valence-corrected chi connectivity index (χ0v) is 20.3. The van der Waals surface area contributed by atoms with E-state index in [0.29, 0.717) is 18.7 Å². The van der Waals surface area contributed by atoms with Crippen LogP contribution in [-0.2, 0) is 22.6 Å². The SMILES string of the molecule is CCc1ccc(OCC(=O)N(Cc2ccc(C)cc2)C(CC)C(=O)NC2CCCCC2)cc1. The maximum absolute atomic E-state index is 13.3. The van der Waals surface area contributed by atoms with Crippen molar-refractivity contribution in [3.8, 4) is 5.75 Å². The van der Waals surface area contributed by atoms with E-state index in [-0.39, 0.29) is 24.5 Å². The lowest BCUT2D eigenvalue weighted by molar-refractivity contribution is -0.143. The molecule has 2 amide bonds. The summed E-state index contributed by atoms with van der Waals surface area (Å²) in [5.74, 6) is 0.425. The number of hydrogen-bond acceptors (Lipinski definition) is 3. The van der Waals surface area contributed by atoms with Crippen LogP contribution in [0.15, 0.2) is 48.5 Å². The number of benzene rings is 2. The Morgan fingerprint density at radius 1 is 0.970 bits per heavy atom. The molecule has 0 radical (unpaired) electrons. The Morgan fingerprint density at radius 2 is 1.61 bits per heavy atom. The Hall–Kier alpha value is -2.82. The van der Waals surface area contributed by atoms with Gasteiger partial charge in [-0.1, -0.05) is 75.1 Å². The molecule has 2 aromatic rings. The minimum Gasteiger partial charge on any atom is -0.484 e. The summed E-state index contributed by atoms with van der Waals surface area (Å²) in [6.45, 7) is 6.39. The van der Waals surface area contributed by atoms with Gasteiger partial charge >= 0.3 is 0 Å². The number of hydrogen-bond donors (Lipinski definition) is 1. The van der Waals surface area contributed by atoms with Crippen molar-refractivity contribution in [3.05, 3.63) is 65.2 Å². The number of carbonyl (C=O) groups excluding carboxylic acids is 2. The van der Waals surface area contributed by atoms with Crippen LogP contribution < -0.4 is 10.1 Å². The average Bonchev–Trinajstić information content (AvgIpc) is 2.84. The number of carbonyl (C=O) groups is 2. The van der Waals surface area contributed by atoms with Gasteiger partial charge in [0, 0.05) is 12.6 Å². The molecule has 0 aromatic heterocycles. The Bertz CT molecular complexity index is 886.